The zero-order valence-electron chi connectivity index (χ0n) is 27.2. The summed E-state index contributed by atoms with van der Waals surface area (Å²) < 4.78 is 0. The Labute approximate surface area is 291 Å². The second-order valence-corrected chi connectivity index (χ2v) is 12.5. The Kier molecular flexibility index (Phi) is 7.49. The average molecular weight is 638 g/mol. The van der Waals surface area contributed by atoms with E-state index in [9.17, 15) is 0 Å². The summed E-state index contributed by atoms with van der Waals surface area (Å²) in [6.07, 6.45) is 0. The molecule has 234 valence electrons. The molecule has 0 unspecified atom stereocenters. The molecular weight excluding hydrogens is 607 g/mol. The fourth-order valence-electron chi connectivity index (χ4n) is 6.80. The lowest BCUT2D eigenvalue weighted by molar-refractivity contribution is 1.07. The number of fused-ring (bicyclic) bond motifs is 2. The van der Waals surface area contributed by atoms with Crippen LogP contribution in [0.4, 0.5) is 0 Å². The van der Waals surface area contributed by atoms with E-state index >= 15 is 0 Å². The minimum Gasteiger partial charge on any atom is -0.208 e. The first-order valence-corrected chi connectivity index (χ1v) is 16.9. The topological polar surface area (TPSA) is 38.7 Å². The standard InChI is InChI=1S/C47H31N3/c1-3-13-32(14-4-1)42-22-9-10-23-44(42)47-49-45(34-16-5-2-6-17-34)48-46(50-47)40-28-27-37-29-36(25-26-38(37)31-40)35-19-11-20-39(30-35)43-24-12-18-33-15-7-8-21-41(33)43/h1-31H. The summed E-state index contributed by atoms with van der Waals surface area (Å²) >= 11 is 0. The van der Waals surface area contributed by atoms with Crippen molar-refractivity contribution in [2.75, 3.05) is 0 Å². The number of nitrogens with zero attached hydrogens (tertiary/aromatic N) is 3. The van der Waals surface area contributed by atoms with E-state index in [1.54, 1.807) is 0 Å². The van der Waals surface area contributed by atoms with Crippen LogP contribution < -0.4 is 0 Å². The molecule has 1 aromatic heterocycles. The lowest BCUT2D eigenvalue weighted by atomic mass is 9.94. The quantitative estimate of drug-likeness (QED) is 0.182. The van der Waals surface area contributed by atoms with Crippen LogP contribution in [-0.2, 0) is 0 Å². The molecule has 0 spiro atoms. The summed E-state index contributed by atoms with van der Waals surface area (Å²) in [7, 11) is 0. The van der Waals surface area contributed by atoms with Gasteiger partial charge in [-0.1, -0.05) is 170 Å². The van der Waals surface area contributed by atoms with Gasteiger partial charge in [-0.05, 0) is 73.1 Å². The van der Waals surface area contributed by atoms with E-state index in [1.807, 2.05) is 42.5 Å². The van der Waals surface area contributed by atoms with Crippen molar-refractivity contribution in [1.82, 2.24) is 15.0 Å². The highest BCUT2D eigenvalue weighted by molar-refractivity contribution is 5.98. The van der Waals surface area contributed by atoms with E-state index in [4.69, 9.17) is 15.0 Å². The molecule has 0 fully saturated rings. The van der Waals surface area contributed by atoms with Crippen molar-refractivity contribution < 1.29 is 0 Å². The van der Waals surface area contributed by atoms with Gasteiger partial charge in [0.15, 0.2) is 17.5 Å². The van der Waals surface area contributed by atoms with E-state index in [0.717, 1.165) is 38.6 Å². The van der Waals surface area contributed by atoms with E-state index in [0.29, 0.717) is 17.5 Å². The van der Waals surface area contributed by atoms with Gasteiger partial charge in [0, 0.05) is 16.7 Å². The van der Waals surface area contributed by atoms with Crippen molar-refractivity contribution in [3.63, 3.8) is 0 Å². The Morgan fingerprint density at radius 2 is 0.740 bits per heavy atom. The molecule has 0 radical (unpaired) electrons. The van der Waals surface area contributed by atoms with Crippen molar-refractivity contribution in [3.8, 4) is 67.5 Å². The Morgan fingerprint density at radius 3 is 1.54 bits per heavy atom. The second-order valence-electron chi connectivity index (χ2n) is 12.5. The molecular formula is C47H31N3. The lowest BCUT2D eigenvalue weighted by Gasteiger charge is -2.12. The van der Waals surface area contributed by atoms with Crippen molar-refractivity contribution in [3.05, 3.63) is 188 Å². The monoisotopic (exact) mass is 637 g/mol. The molecule has 3 heteroatoms. The molecule has 0 aliphatic carbocycles. The largest absolute Gasteiger partial charge is 0.208 e. The maximum atomic E-state index is 5.10. The number of aromatic nitrogens is 3. The smallest absolute Gasteiger partial charge is 0.164 e. The van der Waals surface area contributed by atoms with Crippen LogP contribution >= 0.6 is 0 Å². The zero-order valence-corrected chi connectivity index (χ0v) is 27.2. The molecule has 0 atom stereocenters. The Balaban J connectivity index is 1.12. The van der Waals surface area contributed by atoms with Gasteiger partial charge in [-0.2, -0.15) is 0 Å². The molecule has 1 heterocycles. The highest BCUT2D eigenvalue weighted by atomic mass is 15.0. The molecule has 50 heavy (non-hydrogen) atoms. The minimum absolute atomic E-state index is 0.644. The molecule has 0 amide bonds. The third-order valence-corrected chi connectivity index (χ3v) is 9.32. The van der Waals surface area contributed by atoms with Crippen LogP contribution in [0.3, 0.4) is 0 Å². The molecule has 0 N–H and O–H groups in total. The summed E-state index contributed by atoms with van der Waals surface area (Å²) in [6.45, 7) is 0. The van der Waals surface area contributed by atoms with E-state index in [1.165, 1.54) is 33.0 Å². The fourth-order valence-corrected chi connectivity index (χ4v) is 6.80. The first-order chi connectivity index (χ1) is 24.8. The molecule has 8 aromatic carbocycles. The Hall–Kier alpha value is -6.71. The van der Waals surface area contributed by atoms with Gasteiger partial charge in [0.05, 0.1) is 0 Å². The van der Waals surface area contributed by atoms with Gasteiger partial charge in [0.1, 0.15) is 0 Å². The minimum atomic E-state index is 0.644. The summed E-state index contributed by atoms with van der Waals surface area (Å²) in [5.74, 6) is 1.94. The molecule has 0 aliphatic heterocycles. The molecule has 9 rings (SSSR count). The van der Waals surface area contributed by atoms with E-state index < -0.39 is 0 Å². The van der Waals surface area contributed by atoms with Crippen LogP contribution in [-0.4, -0.2) is 15.0 Å². The molecule has 0 saturated carbocycles. The molecule has 0 saturated heterocycles. The number of hydrogen-bond acceptors (Lipinski definition) is 3. The number of hydrogen-bond donors (Lipinski definition) is 0. The molecule has 9 aromatic rings. The summed E-state index contributed by atoms with van der Waals surface area (Å²) in [6, 6.07) is 65.9. The average Bonchev–Trinajstić information content (AvgIpc) is 3.21. The van der Waals surface area contributed by atoms with Crippen LogP contribution in [0.15, 0.2) is 188 Å². The molecule has 0 bridgehead atoms. The third-order valence-electron chi connectivity index (χ3n) is 9.32. The SMILES string of the molecule is c1ccc(-c2nc(-c3ccc4cc(-c5cccc(-c6cccc7ccccc67)c5)ccc4c3)nc(-c3ccccc3-c3ccccc3)n2)cc1. The fraction of sp³-hybridized carbons (Fsp3) is 0. The van der Waals surface area contributed by atoms with Gasteiger partial charge in [-0.25, -0.2) is 15.0 Å². The Bertz CT molecular complexity index is 2640. The summed E-state index contributed by atoms with van der Waals surface area (Å²) in [5, 5.41) is 4.80. The lowest BCUT2D eigenvalue weighted by Crippen LogP contribution is -2.01. The van der Waals surface area contributed by atoms with Crippen LogP contribution in [0.5, 0.6) is 0 Å². The molecule has 3 nitrogen and oxygen atoms in total. The van der Waals surface area contributed by atoms with E-state index in [2.05, 4.69) is 146 Å². The summed E-state index contributed by atoms with van der Waals surface area (Å²) in [5.41, 5.74) is 9.89. The maximum Gasteiger partial charge on any atom is 0.164 e. The van der Waals surface area contributed by atoms with Gasteiger partial charge < -0.3 is 0 Å². The van der Waals surface area contributed by atoms with Gasteiger partial charge >= 0.3 is 0 Å². The molecule has 0 aliphatic rings. The van der Waals surface area contributed by atoms with Crippen LogP contribution in [0.2, 0.25) is 0 Å². The van der Waals surface area contributed by atoms with Gasteiger partial charge in [0.25, 0.3) is 0 Å². The number of rotatable bonds is 6. The van der Waals surface area contributed by atoms with Crippen LogP contribution in [0.25, 0.3) is 89.1 Å². The second kappa shape index (κ2) is 12.7. The third kappa shape index (κ3) is 5.61. The van der Waals surface area contributed by atoms with Crippen LogP contribution in [0.1, 0.15) is 0 Å². The summed E-state index contributed by atoms with van der Waals surface area (Å²) in [4.78, 5) is 15.1. The predicted octanol–water partition coefficient (Wildman–Crippen LogP) is 12.2. The number of benzene rings is 8. The highest BCUT2D eigenvalue weighted by Gasteiger charge is 2.16. The van der Waals surface area contributed by atoms with Gasteiger partial charge in [-0.3, -0.25) is 0 Å². The Morgan fingerprint density at radius 1 is 0.240 bits per heavy atom. The zero-order chi connectivity index (χ0) is 33.3. The van der Waals surface area contributed by atoms with Crippen molar-refractivity contribution in [2.24, 2.45) is 0 Å². The maximum absolute atomic E-state index is 5.10. The first-order valence-electron chi connectivity index (χ1n) is 16.9. The first kappa shape index (κ1) is 29.4. The van der Waals surface area contributed by atoms with Crippen molar-refractivity contribution in [2.45, 2.75) is 0 Å². The normalized spacial score (nSPS) is 11.2. The van der Waals surface area contributed by atoms with Crippen molar-refractivity contribution >= 4 is 21.5 Å². The van der Waals surface area contributed by atoms with Crippen molar-refractivity contribution in [1.29, 1.82) is 0 Å². The van der Waals surface area contributed by atoms with Crippen LogP contribution in [0, 0.1) is 0 Å². The van der Waals surface area contributed by atoms with Gasteiger partial charge in [-0.15, -0.1) is 0 Å². The predicted molar refractivity (Wildman–Crippen MR) is 207 cm³/mol. The van der Waals surface area contributed by atoms with Gasteiger partial charge in [0.2, 0.25) is 0 Å². The highest BCUT2D eigenvalue weighted by Crippen LogP contribution is 2.35. The van der Waals surface area contributed by atoms with E-state index in [-0.39, 0.29) is 0 Å².